The molecule has 1 saturated carbocycles. The number of aryl methyl sites for hydroxylation is 1. The number of nitrogens with one attached hydrogen (secondary N) is 1. The molecule has 1 unspecified atom stereocenters. The van der Waals surface area contributed by atoms with E-state index in [1.54, 1.807) is 18.3 Å². The van der Waals surface area contributed by atoms with Crippen molar-refractivity contribution in [2.24, 2.45) is 0 Å². The summed E-state index contributed by atoms with van der Waals surface area (Å²) in [5.74, 6) is 1.39. The van der Waals surface area contributed by atoms with Gasteiger partial charge in [0.2, 0.25) is 5.88 Å². The molecule has 168 valence electrons. The van der Waals surface area contributed by atoms with Gasteiger partial charge >= 0.3 is 0 Å². The molecule has 0 spiro atoms. The van der Waals surface area contributed by atoms with Gasteiger partial charge in [-0.3, -0.25) is 9.78 Å². The Labute approximate surface area is 187 Å². The molecule has 0 bridgehead atoms. The topological polar surface area (TPSA) is 110 Å². The molecule has 0 aliphatic heterocycles. The lowest BCUT2D eigenvalue weighted by atomic mass is 10.1. The van der Waals surface area contributed by atoms with Gasteiger partial charge in [0.25, 0.3) is 5.91 Å². The molecule has 1 amide bonds. The molecular formula is C24H28N4O4. The fourth-order valence-corrected chi connectivity index (χ4v) is 3.53. The molecule has 1 aliphatic rings. The predicted molar refractivity (Wildman–Crippen MR) is 118 cm³/mol. The van der Waals surface area contributed by atoms with E-state index in [0.717, 1.165) is 54.0 Å². The smallest absolute Gasteiger partial charge is 0.253 e. The number of nitrogens with zero attached hydrogens (tertiary/aromatic N) is 3. The lowest BCUT2D eigenvalue weighted by Crippen LogP contribution is -2.37. The first-order valence-electron chi connectivity index (χ1n) is 11.0. The minimum absolute atomic E-state index is 0.0882. The van der Waals surface area contributed by atoms with Gasteiger partial charge in [-0.25, -0.2) is 4.98 Å². The van der Waals surface area contributed by atoms with Crippen molar-refractivity contribution < 1.29 is 19.2 Å². The summed E-state index contributed by atoms with van der Waals surface area (Å²) < 4.78 is 11.6. The highest BCUT2D eigenvalue weighted by Crippen LogP contribution is 2.44. The Balaban J connectivity index is 1.45. The van der Waals surface area contributed by atoms with Gasteiger partial charge in [0.1, 0.15) is 18.1 Å². The maximum atomic E-state index is 12.4. The zero-order valence-corrected chi connectivity index (χ0v) is 18.4. The summed E-state index contributed by atoms with van der Waals surface area (Å²) in [5.41, 5.74) is 3.89. The number of aliphatic hydroxyl groups is 1. The third-order valence-electron chi connectivity index (χ3n) is 5.51. The van der Waals surface area contributed by atoms with Crippen molar-refractivity contribution in [3.63, 3.8) is 0 Å². The largest absolute Gasteiger partial charge is 0.473 e. The SMILES string of the molecule is CCCC(CO)NC(=O)c1ccc(OCc2c(-c3ccc(C)nc3)noc2C2CC2)nc1. The minimum Gasteiger partial charge on any atom is -0.473 e. The second kappa shape index (κ2) is 9.91. The van der Waals surface area contributed by atoms with E-state index in [0.29, 0.717) is 17.4 Å². The van der Waals surface area contributed by atoms with Crippen LogP contribution in [0.4, 0.5) is 0 Å². The number of aliphatic hydroxyl groups excluding tert-OH is 1. The Morgan fingerprint density at radius 2 is 2.09 bits per heavy atom. The Hall–Kier alpha value is -3.26. The van der Waals surface area contributed by atoms with Crippen molar-refractivity contribution in [2.45, 2.75) is 58.1 Å². The molecule has 3 aromatic rings. The first-order valence-corrected chi connectivity index (χ1v) is 11.0. The normalized spacial score (nSPS) is 14.2. The highest BCUT2D eigenvalue weighted by atomic mass is 16.5. The Bertz CT molecular complexity index is 1040. The van der Waals surface area contributed by atoms with E-state index in [4.69, 9.17) is 9.26 Å². The van der Waals surface area contributed by atoms with Crippen molar-refractivity contribution in [3.8, 4) is 17.1 Å². The van der Waals surface area contributed by atoms with E-state index < -0.39 is 0 Å². The van der Waals surface area contributed by atoms with Gasteiger partial charge in [0, 0.05) is 35.6 Å². The molecule has 1 aliphatic carbocycles. The van der Waals surface area contributed by atoms with E-state index in [9.17, 15) is 9.90 Å². The van der Waals surface area contributed by atoms with E-state index in [1.807, 2.05) is 26.0 Å². The summed E-state index contributed by atoms with van der Waals surface area (Å²) in [4.78, 5) is 21.0. The first kappa shape index (κ1) is 22.0. The number of hydrogen-bond acceptors (Lipinski definition) is 7. The van der Waals surface area contributed by atoms with Crippen molar-refractivity contribution in [3.05, 3.63) is 59.2 Å². The van der Waals surface area contributed by atoms with Gasteiger partial charge in [0.15, 0.2) is 0 Å². The molecule has 0 aromatic carbocycles. The van der Waals surface area contributed by atoms with E-state index in [2.05, 4.69) is 20.4 Å². The quantitative estimate of drug-likeness (QED) is 0.497. The standard InChI is InChI=1S/C24H28N4O4/c1-3-4-19(13-29)27-24(30)18-9-10-21(26-12-18)31-14-20-22(17-6-5-15(2)25-11-17)28-32-23(20)16-7-8-16/h5-6,9-12,16,19,29H,3-4,7-8,13-14H2,1-2H3,(H,27,30). The summed E-state index contributed by atoms with van der Waals surface area (Å²) in [6.07, 6.45) is 7.04. The summed E-state index contributed by atoms with van der Waals surface area (Å²) >= 11 is 0. The van der Waals surface area contributed by atoms with Crippen LogP contribution in [0.25, 0.3) is 11.3 Å². The maximum absolute atomic E-state index is 12.4. The molecular weight excluding hydrogens is 408 g/mol. The number of carbonyl (C=O) groups excluding carboxylic acids is 1. The molecule has 3 aromatic heterocycles. The molecule has 0 radical (unpaired) electrons. The zero-order chi connectivity index (χ0) is 22.5. The van der Waals surface area contributed by atoms with Crippen LogP contribution in [0.15, 0.2) is 41.2 Å². The van der Waals surface area contributed by atoms with Crippen LogP contribution in [0.1, 0.15) is 65.9 Å². The number of carbonyl (C=O) groups is 1. The maximum Gasteiger partial charge on any atom is 0.253 e. The van der Waals surface area contributed by atoms with E-state index in [-0.39, 0.29) is 25.2 Å². The number of rotatable bonds is 10. The number of amides is 1. The molecule has 8 heteroatoms. The van der Waals surface area contributed by atoms with Gasteiger partial charge in [0.05, 0.1) is 23.8 Å². The Kier molecular flexibility index (Phi) is 6.80. The fraction of sp³-hybridized carbons (Fsp3) is 0.417. The highest BCUT2D eigenvalue weighted by Gasteiger charge is 2.33. The first-order chi connectivity index (χ1) is 15.6. The van der Waals surface area contributed by atoms with Crippen LogP contribution in [0.2, 0.25) is 0 Å². The lowest BCUT2D eigenvalue weighted by Gasteiger charge is -2.15. The van der Waals surface area contributed by atoms with Gasteiger partial charge in [-0.1, -0.05) is 18.5 Å². The summed E-state index contributed by atoms with van der Waals surface area (Å²) in [5, 5.41) is 16.5. The molecule has 32 heavy (non-hydrogen) atoms. The molecule has 1 atom stereocenters. The predicted octanol–water partition coefficient (Wildman–Crippen LogP) is 3.79. The summed E-state index contributed by atoms with van der Waals surface area (Å²) in [7, 11) is 0. The van der Waals surface area contributed by atoms with E-state index in [1.165, 1.54) is 6.20 Å². The van der Waals surface area contributed by atoms with Crippen molar-refractivity contribution in [2.75, 3.05) is 6.61 Å². The van der Waals surface area contributed by atoms with Gasteiger partial charge < -0.3 is 19.7 Å². The van der Waals surface area contributed by atoms with E-state index >= 15 is 0 Å². The van der Waals surface area contributed by atoms with Crippen LogP contribution in [0.5, 0.6) is 5.88 Å². The van der Waals surface area contributed by atoms with Gasteiger partial charge in [-0.2, -0.15) is 0 Å². The van der Waals surface area contributed by atoms with Crippen molar-refractivity contribution in [1.29, 1.82) is 0 Å². The molecule has 1 fully saturated rings. The number of hydrogen-bond donors (Lipinski definition) is 2. The molecule has 4 rings (SSSR count). The van der Waals surface area contributed by atoms with Crippen molar-refractivity contribution in [1.82, 2.24) is 20.4 Å². The monoisotopic (exact) mass is 436 g/mol. The van der Waals surface area contributed by atoms with Crippen LogP contribution in [-0.2, 0) is 6.61 Å². The lowest BCUT2D eigenvalue weighted by molar-refractivity contribution is 0.0912. The van der Waals surface area contributed by atoms with Gasteiger partial charge in [-0.05, 0) is 44.4 Å². The molecule has 2 N–H and O–H groups in total. The fourth-order valence-electron chi connectivity index (χ4n) is 3.53. The number of ether oxygens (including phenoxy) is 1. The Morgan fingerprint density at radius 1 is 1.25 bits per heavy atom. The second-order valence-electron chi connectivity index (χ2n) is 8.15. The Morgan fingerprint density at radius 3 is 2.72 bits per heavy atom. The molecule has 0 saturated heterocycles. The summed E-state index contributed by atoms with van der Waals surface area (Å²) in [6.45, 7) is 4.12. The average Bonchev–Trinajstić information content (AvgIpc) is 3.57. The third-order valence-corrected chi connectivity index (χ3v) is 5.51. The van der Waals surface area contributed by atoms with Crippen LogP contribution in [0.3, 0.4) is 0 Å². The zero-order valence-electron chi connectivity index (χ0n) is 18.4. The second-order valence-corrected chi connectivity index (χ2v) is 8.15. The van der Waals surface area contributed by atoms with Crippen molar-refractivity contribution >= 4 is 5.91 Å². The summed E-state index contributed by atoms with van der Waals surface area (Å²) in [6, 6.07) is 6.99. The van der Waals surface area contributed by atoms with Crippen LogP contribution >= 0.6 is 0 Å². The molecule has 3 heterocycles. The number of aromatic nitrogens is 3. The van der Waals surface area contributed by atoms with Gasteiger partial charge in [-0.15, -0.1) is 0 Å². The van der Waals surface area contributed by atoms with Crippen LogP contribution < -0.4 is 10.1 Å². The average molecular weight is 437 g/mol. The third kappa shape index (κ3) is 5.13. The van der Waals surface area contributed by atoms with Crippen LogP contribution in [0, 0.1) is 6.92 Å². The minimum atomic E-state index is -0.263. The highest BCUT2D eigenvalue weighted by molar-refractivity contribution is 5.94. The van der Waals surface area contributed by atoms with Crippen LogP contribution in [-0.4, -0.2) is 38.8 Å². The molecule has 8 nitrogen and oxygen atoms in total. The number of pyridine rings is 2.